The summed E-state index contributed by atoms with van der Waals surface area (Å²) in [6, 6.07) is 60.3. The zero-order valence-corrected chi connectivity index (χ0v) is 36.3. The molecule has 0 aliphatic heterocycles. The van der Waals surface area contributed by atoms with E-state index in [0.29, 0.717) is 0 Å². The second kappa shape index (κ2) is 19.7. The third kappa shape index (κ3) is 10.6. The lowest BCUT2D eigenvalue weighted by molar-refractivity contribution is 0.100. The van der Waals surface area contributed by atoms with E-state index in [2.05, 4.69) is 66.7 Å². The molecule has 0 radical (unpaired) electrons. The van der Waals surface area contributed by atoms with E-state index in [1.165, 1.54) is 27.3 Å². The fraction of sp³-hybridized carbons (Fsp3) is 0.105. The van der Waals surface area contributed by atoms with E-state index in [1.807, 2.05) is 115 Å². The number of ether oxygens (including phenoxy) is 3. The van der Waals surface area contributed by atoms with Crippen molar-refractivity contribution in [3.8, 4) is 50.6 Å². The number of ketones is 3. The lowest BCUT2D eigenvalue weighted by Gasteiger charge is -2.07. The Labute approximate surface area is 368 Å². The molecule has 0 saturated heterocycles. The van der Waals surface area contributed by atoms with E-state index in [0.717, 1.165) is 72.4 Å². The molecule has 0 atom stereocenters. The van der Waals surface area contributed by atoms with Crippen LogP contribution in [0.4, 0.5) is 0 Å². The fourth-order valence-electron chi connectivity index (χ4n) is 7.28. The SMILES string of the molecule is CC(=O)c1ccc(-c2ccc3cc(C(C)=O)ccc3c2)cc1.COc1ccc(-c2ccc3cc(OC)ccc3c2)cc1.COc1ccc2cc(-c3ccc(C(C)=O)cc3)ccc2c1. The van der Waals surface area contributed by atoms with Crippen molar-refractivity contribution in [2.75, 3.05) is 21.3 Å². The molecule has 0 saturated carbocycles. The van der Waals surface area contributed by atoms with E-state index >= 15 is 0 Å². The second-order valence-corrected chi connectivity index (χ2v) is 15.2. The van der Waals surface area contributed by atoms with Crippen LogP contribution in [0.1, 0.15) is 51.8 Å². The number of Topliss-reactive ketones (excluding diaryl/α,β-unsaturated/α-hetero) is 3. The van der Waals surface area contributed by atoms with Gasteiger partial charge in [-0.2, -0.15) is 0 Å². The van der Waals surface area contributed by atoms with E-state index in [1.54, 1.807) is 42.1 Å². The van der Waals surface area contributed by atoms with E-state index in [-0.39, 0.29) is 17.3 Å². The van der Waals surface area contributed by atoms with Crippen molar-refractivity contribution >= 4 is 49.7 Å². The highest BCUT2D eigenvalue weighted by Gasteiger charge is 2.07. The summed E-state index contributed by atoms with van der Waals surface area (Å²) >= 11 is 0. The van der Waals surface area contributed by atoms with Crippen LogP contribution in [-0.4, -0.2) is 38.7 Å². The van der Waals surface area contributed by atoms with Crippen LogP contribution in [0.3, 0.4) is 0 Å². The van der Waals surface area contributed by atoms with Crippen LogP contribution in [0.5, 0.6) is 17.2 Å². The minimum atomic E-state index is 0.0711. The third-order valence-corrected chi connectivity index (χ3v) is 11.0. The van der Waals surface area contributed by atoms with Gasteiger partial charge in [-0.05, 0) is 147 Å². The molecule has 6 nitrogen and oxygen atoms in total. The Kier molecular flexibility index (Phi) is 13.5. The molecule has 0 heterocycles. The van der Waals surface area contributed by atoms with Gasteiger partial charge in [0.05, 0.1) is 21.3 Å². The van der Waals surface area contributed by atoms with Gasteiger partial charge in [0.15, 0.2) is 17.3 Å². The monoisotopic (exact) mass is 828 g/mol. The number of hydrogen-bond acceptors (Lipinski definition) is 6. The van der Waals surface area contributed by atoms with Gasteiger partial charge in [0.1, 0.15) is 17.2 Å². The number of carbonyl (C=O) groups excluding carboxylic acids is 3. The third-order valence-electron chi connectivity index (χ3n) is 11.0. The molecule has 0 N–H and O–H groups in total. The van der Waals surface area contributed by atoms with Crippen molar-refractivity contribution in [1.29, 1.82) is 0 Å². The van der Waals surface area contributed by atoms with Gasteiger partial charge < -0.3 is 14.2 Å². The predicted octanol–water partition coefficient (Wildman–Crippen LogP) is 14.2. The summed E-state index contributed by atoms with van der Waals surface area (Å²) < 4.78 is 15.7. The molecule has 0 aliphatic carbocycles. The molecule has 0 aromatic heterocycles. The van der Waals surface area contributed by atoms with Gasteiger partial charge in [-0.1, -0.05) is 121 Å². The minimum absolute atomic E-state index is 0.0711. The molecule has 9 rings (SSSR count). The first kappa shape index (κ1) is 43.3. The van der Waals surface area contributed by atoms with Gasteiger partial charge in [0.2, 0.25) is 0 Å². The minimum Gasteiger partial charge on any atom is -0.497 e. The first-order valence-electron chi connectivity index (χ1n) is 20.6. The van der Waals surface area contributed by atoms with Crippen LogP contribution in [0.25, 0.3) is 65.7 Å². The lowest BCUT2D eigenvalue weighted by atomic mass is 9.98. The number of carbonyl (C=O) groups is 3. The van der Waals surface area contributed by atoms with Crippen LogP contribution >= 0.6 is 0 Å². The van der Waals surface area contributed by atoms with E-state index in [4.69, 9.17) is 14.2 Å². The lowest BCUT2D eigenvalue weighted by Crippen LogP contribution is -1.92. The van der Waals surface area contributed by atoms with Crippen molar-refractivity contribution < 1.29 is 28.6 Å². The Bertz CT molecular complexity index is 3070. The summed E-state index contributed by atoms with van der Waals surface area (Å²) in [5, 5.41) is 6.86. The highest BCUT2D eigenvalue weighted by atomic mass is 16.5. The van der Waals surface area contributed by atoms with Gasteiger partial charge in [-0.25, -0.2) is 0 Å². The zero-order valence-electron chi connectivity index (χ0n) is 36.3. The Morgan fingerprint density at radius 3 is 0.873 bits per heavy atom. The number of benzene rings is 9. The van der Waals surface area contributed by atoms with Crippen molar-refractivity contribution in [3.05, 3.63) is 199 Å². The highest BCUT2D eigenvalue weighted by molar-refractivity contribution is 6.00. The van der Waals surface area contributed by atoms with Gasteiger partial charge in [-0.3, -0.25) is 14.4 Å². The summed E-state index contributed by atoms with van der Waals surface area (Å²) in [5.41, 5.74) is 8.99. The molecule has 0 aliphatic rings. The molecule has 9 aromatic rings. The summed E-state index contributed by atoms with van der Waals surface area (Å²) in [6.07, 6.45) is 0. The van der Waals surface area contributed by atoms with Crippen LogP contribution in [0.15, 0.2) is 182 Å². The number of hydrogen-bond donors (Lipinski definition) is 0. The largest absolute Gasteiger partial charge is 0.497 e. The highest BCUT2D eigenvalue weighted by Crippen LogP contribution is 2.30. The first-order chi connectivity index (χ1) is 30.5. The van der Waals surface area contributed by atoms with Gasteiger partial charge >= 0.3 is 0 Å². The molecule has 6 heteroatoms. The fourth-order valence-corrected chi connectivity index (χ4v) is 7.28. The molecule has 0 spiro atoms. The van der Waals surface area contributed by atoms with Gasteiger partial charge in [-0.15, -0.1) is 0 Å². The Balaban J connectivity index is 0.000000142. The average Bonchev–Trinajstić information content (AvgIpc) is 3.33. The molecular formula is C57H48O6. The maximum atomic E-state index is 11.4. The summed E-state index contributed by atoms with van der Waals surface area (Å²) in [6.45, 7) is 4.72. The number of fused-ring (bicyclic) bond motifs is 3. The van der Waals surface area contributed by atoms with Crippen LogP contribution in [0.2, 0.25) is 0 Å². The molecule has 63 heavy (non-hydrogen) atoms. The Morgan fingerprint density at radius 2 is 0.524 bits per heavy atom. The Morgan fingerprint density at radius 1 is 0.270 bits per heavy atom. The quantitative estimate of drug-likeness (QED) is 0.135. The molecule has 312 valence electrons. The second-order valence-electron chi connectivity index (χ2n) is 15.2. The van der Waals surface area contributed by atoms with E-state index in [9.17, 15) is 14.4 Å². The molecule has 0 unspecified atom stereocenters. The van der Waals surface area contributed by atoms with Crippen molar-refractivity contribution in [2.45, 2.75) is 20.8 Å². The topological polar surface area (TPSA) is 78.9 Å². The first-order valence-corrected chi connectivity index (χ1v) is 20.6. The normalized spacial score (nSPS) is 10.6. The average molecular weight is 829 g/mol. The summed E-state index contributed by atoms with van der Waals surface area (Å²) in [5.74, 6) is 2.86. The predicted molar refractivity (Wildman–Crippen MR) is 258 cm³/mol. The van der Waals surface area contributed by atoms with Crippen LogP contribution < -0.4 is 14.2 Å². The molecule has 0 bridgehead atoms. The summed E-state index contributed by atoms with van der Waals surface area (Å²) in [4.78, 5) is 34.1. The zero-order chi connectivity index (χ0) is 44.5. The van der Waals surface area contributed by atoms with Gasteiger partial charge in [0.25, 0.3) is 0 Å². The van der Waals surface area contributed by atoms with Crippen molar-refractivity contribution in [2.24, 2.45) is 0 Å². The smallest absolute Gasteiger partial charge is 0.159 e. The number of methoxy groups -OCH3 is 3. The van der Waals surface area contributed by atoms with Crippen molar-refractivity contribution in [1.82, 2.24) is 0 Å². The molecule has 9 aromatic carbocycles. The number of rotatable bonds is 9. The molecular weight excluding hydrogens is 781 g/mol. The molecule has 0 amide bonds. The van der Waals surface area contributed by atoms with Crippen LogP contribution in [0, 0.1) is 0 Å². The Hall–Kier alpha value is -7.83. The standard InChI is InChI=1S/C20H16O2.C19H16O2.C18H16O2/c1-13(21)15-3-5-16(6-4-15)18-9-10-19-11-17(14(2)22)7-8-20(19)12-18;1-13(20)14-3-5-15(6-4-14)16-7-8-18-12-19(21-2)10-9-17(18)11-16;1-19-17-8-5-13(6-9-17)14-3-4-16-12-18(20-2)10-7-15(16)11-14/h3-12H,1-2H3;3-12H,1-2H3;3-12H,1-2H3. The van der Waals surface area contributed by atoms with Crippen molar-refractivity contribution in [3.63, 3.8) is 0 Å². The maximum absolute atomic E-state index is 11.4. The maximum Gasteiger partial charge on any atom is 0.159 e. The van der Waals surface area contributed by atoms with Crippen LogP contribution in [-0.2, 0) is 0 Å². The molecule has 0 fully saturated rings. The summed E-state index contributed by atoms with van der Waals surface area (Å²) in [7, 11) is 5.04. The van der Waals surface area contributed by atoms with Gasteiger partial charge in [0, 0.05) is 16.7 Å². The van der Waals surface area contributed by atoms with E-state index < -0.39 is 0 Å².